The highest BCUT2D eigenvalue weighted by Gasteiger charge is 2.23. The number of allylic oxidation sites excluding steroid dienone is 4. The topological polar surface area (TPSA) is 57.6 Å². The van der Waals surface area contributed by atoms with Gasteiger partial charge in [0.15, 0.2) is 0 Å². The quantitative estimate of drug-likeness (QED) is 0.183. The van der Waals surface area contributed by atoms with E-state index in [0.717, 1.165) is 89.4 Å². The number of nitrogens with zero attached hydrogens (tertiary/aromatic N) is 6. The molecule has 10 rings (SSSR count). The van der Waals surface area contributed by atoms with Crippen LogP contribution in [0, 0.1) is 0 Å². The van der Waals surface area contributed by atoms with Crippen molar-refractivity contribution in [1.29, 1.82) is 0 Å². The van der Waals surface area contributed by atoms with Crippen LogP contribution in [0.3, 0.4) is 0 Å². The maximum absolute atomic E-state index is 6.49. The van der Waals surface area contributed by atoms with Crippen molar-refractivity contribution >= 4 is 72.6 Å². The average Bonchev–Trinajstić information content (AvgIpc) is 3.90. The van der Waals surface area contributed by atoms with Crippen LogP contribution in [0.4, 0.5) is 0 Å². The van der Waals surface area contributed by atoms with Crippen molar-refractivity contribution in [2.24, 2.45) is 0 Å². The summed E-state index contributed by atoms with van der Waals surface area (Å²) >= 11 is 0. The van der Waals surface area contributed by atoms with Gasteiger partial charge in [0.25, 0.3) is 0 Å². The normalized spacial score (nSPS) is 12.6. The van der Waals surface area contributed by atoms with Crippen LogP contribution in [-0.2, 0) is 0 Å². The SMILES string of the molecule is C=C/C=C(\C=C)n1c2ccc(-c3ccc4c(c3)nc3n(-c5ccccc5)c5c6ccccc6oc5n43)cc2n2c3ccccc3nc12. The van der Waals surface area contributed by atoms with E-state index in [1.54, 1.807) is 6.08 Å². The number of hydrogen-bond donors (Lipinski definition) is 0. The van der Waals surface area contributed by atoms with E-state index in [0.29, 0.717) is 0 Å². The molecular weight excluding hydrogens is 580 g/mol. The lowest BCUT2D eigenvalue weighted by molar-refractivity contribution is 0.651. The minimum absolute atomic E-state index is 0.781. The van der Waals surface area contributed by atoms with Crippen molar-refractivity contribution in [1.82, 2.24) is 27.9 Å². The molecule has 5 aromatic carbocycles. The molecule has 0 saturated carbocycles. The lowest BCUT2D eigenvalue weighted by Crippen LogP contribution is -1.95. The van der Waals surface area contributed by atoms with Crippen LogP contribution in [0.1, 0.15) is 0 Å². The van der Waals surface area contributed by atoms with Crippen LogP contribution in [0.15, 0.2) is 151 Å². The molecule has 0 unspecified atom stereocenters. The van der Waals surface area contributed by atoms with Crippen LogP contribution in [0.25, 0.3) is 89.4 Å². The highest BCUT2D eigenvalue weighted by molar-refractivity contribution is 6.06. The molecule has 0 radical (unpaired) electrons. The van der Waals surface area contributed by atoms with Gasteiger partial charge in [0.1, 0.15) is 11.1 Å². The molecule has 222 valence electrons. The Morgan fingerprint density at radius 3 is 2.21 bits per heavy atom. The van der Waals surface area contributed by atoms with Gasteiger partial charge >= 0.3 is 0 Å². The first-order chi connectivity index (χ1) is 23.2. The summed E-state index contributed by atoms with van der Waals surface area (Å²) in [5.41, 5.74) is 12.7. The van der Waals surface area contributed by atoms with Crippen molar-refractivity contribution in [2.75, 3.05) is 0 Å². The van der Waals surface area contributed by atoms with E-state index in [1.807, 2.05) is 48.6 Å². The number of para-hydroxylation sites is 4. The van der Waals surface area contributed by atoms with Gasteiger partial charge in [-0.15, -0.1) is 0 Å². The Bertz CT molecular complexity index is 2940. The van der Waals surface area contributed by atoms with Gasteiger partial charge in [-0.2, -0.15) is 0 Å². The molecule has 0 amide bonds. The van der Waals surface area contributed by atoms with Crippen molar-refractivity contribution in [3.8, 4) is 16.8 Å². The van der Waals surface area contributed by atoms with E-state index in [9.17, 15) is 0 Å². The zero-order chi connectivity index (χ0) is 31.2. The fraction of sp³-hybridized carbons (Fsp3) is 0. The summed E-state index contributed by atoms with van der Waals surface area (Å²) in [4.78, 5) is 10.2. The second-order valence-corrected chi connectivity index (χ2v) is 11.7. The predicted octanol–water partition coefficient (Wildman–Crippen LogP) is 9.81. The van der Waals surface area contributed by atoms with Gasteiger partial charge in [0.2, 0.25) is 17.3 Å². The molecule has 5 aromatic heterocycles. The standard InChI is InChI=1S/C40H26N6O/c1-3-12-27(4-2)43-34-22-20-26(24-35(34)45-32-17-10-9-16-30(32)41-39(43)45)25-19-21-33-31(23-25)42-40-44(28-13-6-5-7-14-28)37-29-15-8-11-18-36(29)47-38(37)46(33)40/h3-24H,1-2H2/b27-12+. The maximum atomic E-state index is 6.49. The summed E-state index contributed by atoms with van der Waals surface area (Å²) in [6.07, 6.45) is 5.57. The molecule has 10 aromatic rings. The molecule has 47 heavy (non-hydrogen) atoms. The second-order valence-electron chi connectivity index (χ2n) is 11.7. The summed E-state index contributed by atoms with van der Waals surface area (Å²) in [6, 6.07) is 39.8. The molecule has 0 fully saturated rings. The molecule has 0 aliphatic heterocycles. The smallest absolute Gasteiger partial charge is 0.232 e. The molecule has 0 aliphatic carbocycles. The minimum atomic E-state index is 0.781. The van der Waals surface area contributed by atoms with Crippen LogP contribution >= 0.6 is 0 Å². The van der Waals surface area contributed by atoms with Crippen molar-refractivity contribution in [3.05, 3.63) is 147 Å². The molecule has 0 aliphatic rings. The van der Waals surface area contributed by atoms with Gasteiger partial charge in [0, 0.05) is 16.8 Å². The summed E-state index contributed by atoms with van der Waals surface area (Å²) in [5.74, 6) is 1.64. The Labute approximate surface area is 267 Å². The molecule has 0 spiro atoms. The van der Waals surface area contributed by atoms with E-state index in [2.05, 4.69) is 110 Å². The molecular formula is C40H26N6O. The van der Waals surface area contributed by atoms with Crippen LogP contribution in [-0.4, -0.2) is 27.9 Å². The maximum Gasteiger partial charge on any atom is 0.232 e. The van der Waals surface area contributed by atoms with Crippen molar-refractivity contribution in [2.45, 2.75) is 0 Å². The molecule has 0 saturated heterocycles. The van der Waals surface area contributed by atoms with E-state index >= 15 is 0 Å². The first-order valence-electron chi connectivity index (χ1n) is 15.5. The summed E-state index contributed by atoms with van der Waals surface area (Å²) in [7, 11) is 0. The number of imidazole rings is 4. The summed E-state index contributed by atoms with van der Waals surface area (Å²) < 4.78 is 15.2. The fourth-order valence-electron chi connectivity index (χ4n) is 7.09. The lowest BCUT2D eigenvalue weighted by Gasteiger charge is -2.07. The fourth-order valence-corrected chi connectivity index (χ4v) is 7.09. The highest BCUT2D eigenvalue weighted by atomic mass is 16.3. The molecule has 0 bridgehead atoms. The second kappa shape index (κ2) is 9.45. The number of hydrogen-bond acceptors (Lipinski definition) is 3. The Balaban J connectivity index is 1.22. The van der Waals surface area contributed by atoms with E-state index in [4.69, 9.17) is 14.4 Å². The number of rotatable bonds is 5. The van der Waals surface area contributed by atoms with Crippen LogP contribution in [0.5, 0.6) is 0 Å². The monoisotopic (exact) mass is 606 g/mol. The lowest BCUT2D eigenvalue weighted by atomic mass is 10.0. The Morgan fingerprint density at radius 1 is 0.638 bits per heavy atom. The first kappa shape index (κ1) is 25.7. The highest BCUT2D eigenvalue weighted by Crippen LogP contribution is 2.38. The van der Waals surface area contributed by atoms with E-state index in [-0.39, 0.29) is 0 Å². The van der Waals surface area contributed by atoms with E-state index < -0.39 is 0 Å². The number of furan rings is 1. The number of benzene rings is 5. The van der Waals surface area contributed by atoms with E-state index in [1.165, 1.54) is 0 Å². The number of aromatic nitrogens is 6. The molecule has 7 nitrogen and oxygen atoms in total. The first-order valence-corrected chi connectivity index (χ1v) is 15.5. The Morgan fingerprint density at radius 2 is 1.36 bits per heavy atom. The zero-order valence-corrected chi connectivity index (χ0v) is 25.2. The third-order valence-electron chi connectivity index (χ3n) is 9.12. The van der Waals surface area contributed by atoms with Crippen molar-refractivity contribution in [3.63, 3.8) is 0 Å². The Kier molecular flexibility index (Phi) is 5.17. The van der Waals surface area contributed by atoms with Crippen molar-refractivity contribution < 1.29 is 4.42 Å². The van der Waals surface area contributed by atoms with Gasteiger partial charge in [-0.25, -0.2) is 14.4 Å². The van der Waals surface area contributed by atoms with Gasteiger partial charge in [-0.05, 0) is 83.9 Å². The van der Waals surface area contributed by atoms with Gasteiger partial charge in [-0.1, -0.05) is 73.8 Å². The van der Waals surface area contributed by atoms with Gasteiger partial charge in [-0.3, -0.25) is 13.5 Å². The summed E-state index contributed by atoms with van der Waals surface area (Å²) in [5, 5.41) is 1.06. The molecule has 0 N–H and O–H groups in total. The minimum Gasteiger partial charge on any atom is -0.437 e. The average molecular weight is 607 g/mol. The van der Waals surface area contributed by atoms with Crippen LogP contribution in [0.2, 0.25) is 0 Å². The Hall–Kier alpha value is -6.60. The van der Waals surface area contributed by atoms with Gasteiger partial charge < -0.3 is 4.42 Å². The zero-order valence-electron chi connectivity index (χ0n) is 25.2. The number of fused-ring (bicyclic) bond motifs is 12. The predicted molar refractivity (Wildman–Crippen MR) is 191 cm³/mol. The summed E-state index contributed by atoms with van der Waals surface area (Å²) in [6.45, 7) is 8.00. The third kappa shape index (κ3) is 3.45. The molecule has 0 atom stereocenters. The third-order valence-corrected chi connectivity index (χ3v) is 9.12. The largest absolute Gasteiger partial charge is 0.437 e. The van der Waals surface area contributed by atoms with Crippen LogP contribution < -0.4 is 0 Å². The molecule has 7 heteroatoms. The molecule has 5 heterocycles. The van der Waals surface area contributed by atoms with Gasteiger partial charge in [0.05, 0.1) is 33.1 Å².